The number of piperazine rings is 1. The van der Waals surface area contributed by atoms with Gasteiger partial charge in [-0.1, -0.05) is 33.1 Å². The number of hydrogen-bond donors (Lipinski definition) is 1. The van der Waals surface area contributed by atoms with Gasteiger partial charge in [0.15, 0.2) is 0 Å². The Bertz CT molecular complexity index is 380. The molecule has 1 aliphatic heterocycles. The van der Waals surface area contributed by atoms with Crippen LogP contribution in [0.25, 0.3) is 0 Å². The third-order valence-electron chi connectivity index (χ3n) is 4.92. The van der Waals surface area contributed by atoms with E-state index < -0.39 is 5.54 Å². The zero-order valence-corrected chi connectivity index (χ0v) is 13.6. The van der Waals surface area contributed by atoms with Crippen molar-refractivity contribution in [1.82, 2.24) is 10.2 Å². The summed E-state index contributed by atoms with van der Waals surface area (Å²) in [7, 11) is 0. The zero-order valence-electron chi connectivity index (χ0n) is 12.8. The zero-order chi connectivity index (χ0) is 14.8. The Kier molecular flexibility index (Phi) is 4.99. The molecule has 2 amide bonds. The molecular formula is C15H26N2O2S. The van der Waals surface area contributed by atoms with E-state index in [9.17, 15) is 9.59 Å². The molecule has 114 valence electrons. The van der Waals surface area contributed by atoms with Crippen LogP contribution in [-0.4, -0.2) is 46.8 Å². The number of hydrogen-bond acceptors (Lipinski definition) is 3. The highest BCUT2D eigenvalue weighted by atomic mass is 32.2. The van der Waals surface area contributed by atoms with Crippen molar-refractivity contribution in [3.63, 3.8) is 0 Å². The molecule has 5 heteroatoms. The van der Waals surface area contributed by atoms with Crippen LogP contribution in [0, 0.1) is 5.92 Å². The SMILES string of the molecule is CCC(C)C1NC(=O)C2(CCCC2)N(CCSC)C1=O. The highest BCUT2D eigenvalue weighted by Crippen LogP contribution is 2.39. The predicted octanol–water partition coefficient (Wildman–Crippen LogP) is 2.04. The van der Waals surface area contributed by atoms with Crippen LogP contribution in [0.2, 0.25) is 0 Å². The molecule has 4 nitrogen and oxygen atoms in total. The second-order valence-corrected chi connectivity index (χ2v) is 7.04. The maximum atomic E-state index is 12.8. The first-order valence-electron chi connectivity index (χ1n) is 7.68. The second-order valence-electron chi connectivity index (χ2n) is 6.06. The number of carbonyl (C=O) groups is 2. The van der Waals surface area contributed by atoms with Gasteiger partial charge in [0, 0.05) is 12.3 Å². The summed E-state index contributed by atoms with van der Waals surface area (Å²) >= 11 is 1.73. The summed E-state index contributed by atoms with van der Waals surface area (Å²) in [5, 5.41) is 3.02. The highest BCUT2D eigenvalue weighted by Gasteiger charge is 2.53. The molecule has 0 aromatic heterocycles. The molecule has 0 radical (unpaired) electrons. The predicted molar refractivity (Wildman–Crippen MR) is 82.7 cm³/mol. The van der Waals surface area contributed by atoms with Crippen molar-refractivity contribution >= 4 is 23.6 Å². The van der Waals surface area contributed by atoms with E-state index in [0.29, 0.717) is 6.54 Å². The summed E-state index contributed by atoms with van der Waals surface area (Å²) < 4.78 is 0. The van der Waals surface area contributed by atoms with Gasteiger partial charge in [0.05, 0.1) is 0 Å². The smallest absolute Gasteiger partial charge is 0.246 e. The van der Waals surface area contributed by atoms with Gasteiger partial charge in [-0.3, -0.25) is 9.59 Å². The normalized spacial score (nSPS) is 26.9. The van der Waals surface area contributed by atoms with Crippen LogP contribution < -0.4 is 5.32 Å². The number of rotatable bonds is 5. The quantitative estimate of drug-likeness (QED) is 0.845. The standard InChI is InChI=1S/C15H26N2O2S/c1-4-11(2)12-13(18)17(9-10-20-3)15(14(19)16-12)7-5-6-8-15/h11-12H,4-10H2,1-3H3,(H,16,19). The lowest BCUT2D eigenvalue weighted by Crippen LogP contribution is -2.71. The molecule has 1 N–H and O–H groups in total. The van der Waals surface area contributed by atoms with Crippen molar-refractivity contribution in [2.24, 2.45) is 5.92 Å². The Morgan fingerprint density at radius 1 is 1.40 bits per heavy atom. The van der Waals surface area contributed by atoms with E-state index in [1.807, 2.05) is 18.1 Å². The average molecular weight is 298 g/mol. The van der Waals surface area contributed by atoms with Crippen LogP contribution in [0.5, 0.6) is 0 Å². The van der Waals surface area contributed by atoms with Crippen molar-refractivity contribution in [2.75, 3.05) is 18.6 Å². The Morgan fingerprint density at radius 2 is 2.05 bits per heavy atom. The fraction of sp³-hybridized carbons (Fsp3) is 0.867. The number of amides is 2. The molecule has 2 unspecified atom stereocenters. The van der Waals surface area contributed by atoms with Crippen LogP contribution >= 0.6 is 11.8 Å². The van der Waals surface area contributed by atoms with Gasteiger partial charge in [-0.25, -0.2) is 0 Å². The largest absolute Gasteiger partial charge is 0.342 e. The van der Waals surface area contributed by atoms with Gasteiger partial charge in [0.25, 0.3) is 0 Å². The van der Waals surface area contributed by atoms with Gasteiger partial charge in [0.1, 0.15) is 11.6 Å². The van der Waals surface area contributed by atoms with Gasteiger partial charge in [-0.15, -0.1) is 0 Å². The second kappa shape index (κ2) is 6.37. The van der Waals surface area contributed by atoms with Crippen molar-refractivity contribution in [3.8, 4) is 0 Å². The minimum Gasteiger partial charge on any atom is -0.342 e. The molecule has 0 aromatic carbocycles. The molecule has 2 atom stereocenters. The Morgan fingerprint density at radius 3 is 2.60 bits per heavy atom. The van der Waals surface area contributed by atoms with Crippen molar-refractivity contribution in [2.45, 2.75) is 57.5 Å². The number of carbonyl (C=O) groups excluding carboxylic acids is 2. The molecule has 1 saturated heterocycles. The van der Waals surface area contributed by atoms with Crippen LogP contribution in [0.1, 0.15) is 46.0 Å². The molecule has 20 heavy (non-hydrogen) atoms. The molecule has 0 bridgehead atoms. The summed E-state index contributed by atoms with van der Waals surface area (Å²) in [5.74, 6) is 1.31. The highest BCUT2D eigenvalue weighted by molar-refractivity contribution is 7.98. The fourth-order valence-corrected chi connectivity index (χ4v) is 3.79. The first kappa shape index (κ1) is 15.7. The lowest BCUT2D eigenvalue weighted by molar-refractivity contribution is -0.158. The first-order valence-corrected chi connectivity index (χ1v) is 9.07. The first-order chi connectivity index (χ1) is 9.56. The van der Waals surface area contributed by atoms with E-state index in [0.717, 1.165) is 37.9 Å². The van der Waals surface area contributed by atoms with E-state index in [2.05, 4.69) is 12.2 Å². The van der Waals surface area contributed by atoms with Crippen molar-refractivity contribution in [3.05, 3.63) is 0 Å². The number of thioether (sulfide) groups is 1. The van der Waals surface area contributed by atoms with E-state index in [1.165, 1.54) is 0 Å². The Balaban J connectivity index is 2.26. The minimum atomic E-state index is -0.545. The molecule has 0 aromatic rings. The molecular weight excluding hydrogens is 272 g/mol. The summed E-state index contributed by atoms with van der Waals surface area (Å²) in [6, 6.07) is -0.333. The molecule has 1 spiro atoms. The minimum absolute atomic E-state index is 0.0843. The Hall–Kier alpha value is -0.710. The van der Waals surface area contributed by atoms with Crippen molar-refractivity contribution < 1.29 is 9.59 Å². The van der Waals surface area contributed by atoms with Crippen LogP contribution in [0.4, 0.5) is 0 Å². The summed E-state index contributed by atoms with van der Waals surface area (Å²) in [5.41, 5.74) is -0.545. The van der Waals surface area contributed by atoms with Crippen LogP contribution in [-0.2, 0) is 9.59 Å². The van der Waals surface area contributed by atoms with E-state index in [1.54, 1.807) is 11.8 Å². The molecule has 1 aliphatic carbocycles. The van der Waals surface area contributed by atoms with Gasteiger partial charge >= 0.3 is 0 Å². The van der Waals surface area contributed by atoms with E-state index >= 15 is 0 Å². The molecule has 1 saturated carbocycles. The fourth-order valence-electron chi connectivity index (χ4n) is 3.42. The number of nitrogens with one attached hydrogen (secondary N) is 1. The van der Waals surface area contributed by atoms with Gasteiger partial charge in [0.2, 0.25) is 11.8 Å². The van der Waals surface area contributed by atoms with E-state index in [4.69, 9.17) is 0 Å². The average Bonchev–Trinajstić information content (AvgIpc) is 2.93. The Labute approximate surface area is 126 Å². The monoisotopic (exact) mass is 298 g/mol. The summed E-state index contributed by atoms with van der Waals surface area (Å²) in [6.45, 7) is 4.80. The van der Waals surface area contributed by atoms with Crippen molar-refractivity contribution in [1.29, 1.82) is 0 Å². The molecule has 2 rings (SSSR count). The summed E-state index contributed by atoms with van der Waals surface area (Å²) in [6.07, 6.45) is 6.69. The van der Waals surface area contributed by atoms with Gasteiger partial charge < -0.3 is 10.2 Å². The maximum absolute atomic E-state index is 12.8. The third kappa shape index (κ3) is 2.57. The third-order valence-corrected chi connectivity index (χ3v) is 5.51. The lowest BCUT2D eigenvalue weighted by Gasteiger charge is -2.47. The molecule has 2 aliphatic rings. The van der Waals surface area contributed by atoms with Gasteiger partial charge in [-0.05, 0) is 25.0 Å². The van der Waals surface area contributed by atoms with E-state index in [-0.39, 0.29) is 23.8 Å². The van der Waals surface area contributed by atoms with Crippen LogP contribution in [0.15, 0.2) is 0 Å². The van der Waals surface area contributed by atoms with Crippen LogP contribution in [0.3, 0.4) is 0 Å². The molecule has 2 fully saturated rings. The topological polar surface area (TPSA) is 49.4 Å². The molecule has 1 heterocycles. The lowest BCUT2D eigenvalue weighted by atomic mass is 9.86. The van der Waals surface area contributed by atoms with Gasteiger partial charge in [-0.2, -0.15) is 11.8 Å². The maximum Gasteiger partial charge on any atom is 0.246 e. The number of nitrogens with zero attached hydrogens (tertiary/aromatic N) is 1. The summed E-state index contributed by atoms with van der Waals surface area (Å²) in [4.78, 5) is 27.4.